The van der Waals surface area contributed by atoms with Crippen LogP contribution in [0.1, 0.15) is 37.8 Å². The van der Waals surface area contributed by atoms with Crippen molar-refractivity contribution < 1.29 is 9.47 Å². The van der Waals surface area contributed by atoms with Crippen LogP contribution in [0.4, 0.5) is 34.1 Å². The van der Waals surface area contributed by atoms with E-state index < -0.39 is 0 Å². The molecule has 2 aliphatic rings. The molecule has 6 heteroatoms. The summed E-state index contributed by atoms with van der Waals surface area (Å²) in [5, 5.41) is 9.96. The summed E-state index contributed by atoms with van der Waals surface area (Å²) in [4.78, 5) is 4.88. The minimum absolute atomic E-state index is 0.344. The summed E-state index contributed by atoms with van der Waals surface area (Å²) in [5.74, 6) is 4.26. The van der Waals surface area contributed by atoms with Gasteiger partial charge in [-0.05, 0) is 128 Å². The number of thioether (sulfide) groups is 2. The number of benzene rings is 10. The van der Waals surface area contributed by atoms with Gasteiger partial charge in [-0.25, -0.2) is 0 Å². The Bertz CT molecular complexity index is 3270. The van der Waals surface area contributed by atoms with Crippen molar-refractivity contribution in [1.82, 2.24) is 0 Å². The van der Waals surface area contributed by atoms with Gasteiger partial charge in [-0.3, -0.25) is 0 Å². The van der Waals surface area contributed by atoms with Crippen LogP contribution in [0.25, 0.3) is 54.2 Å². The molecule has 10 aromatic carbocycles. The number of nitrogens with zero attached hydrogens (tertiary/aromatic N) is 2. The molecule has 2 heterocycles. The van der Waals surface area contributed by atoms with E-state index in [0.29, 0.717) is 10.8 Å². The SMILES string of the molecule is CCC1(CSCc2ccc(N(c3ccc(-c4ccc(N(c5ccc(CSCC6(CC)COC6)cc5)c5cc6ccccc6c6ccccc56)cc4)cc3)c3cc4ccccc4c4ccccc34)cc2)COC1. The smallest absolute Gasteiger partial charge is 0.0552 e. The Morgan fingerprint density at radius 3 is 1.03 bits per heavy atom. The molecular formula is C66H60N2O2S2. The highest BCUT2D eigenvalue weighted by molar-refractivity contribution is 7.98. The van der Waals surface area contributed by atoms with Gasteiger partial charge in [0.05, 0.1) is 37.8 Å². The van der Waals surface area contributed by atoms with Crippen molar-refractivity contribution in [2.45, 2.75) is 38.2 Å². The lowest BCUT2D eigenvalue weighted by Crippen LogP contribution is -2.44. The molecule has 0 atom stereocenters. The van der Waals surface area contributed by atoms with Crippen molar-refractivity contribution in [2.24, 2.45) is 10.8 Å². The first-order valence-electron chi connectivity index (χ1n) is 25.6. The van der Waals surface area contributed by atoms with Gasteiger partial charge in [0, 0.05) is 67.4 Å². The topological polar surface area (TPSA) is 24.9 Å². The molecule has 10 aromatic rings. The third kappa shape index (κ3) is 9.04. The molecule has 2 fully saturated rings. The molecule has 358 valence electrons. The number of hydrogen-bond donors (Lipinski definition) is 0. The van der Waals surface area contributed by atoms with Crippen LogP contribution in [-0.4, -0.2) is 37.9 Å². The van der Waals surface area contributed by atoms with Crippen LogP contribution >= 0.6 is 23.5 Å². The van der Waals surface area contributed by atoms with Gasteiger partial charge in [-0.1, -0.05) is 159 Å². The molecule has 0 aliphatic carbocycles. The zero-order valence-electron chi connectivity index (χ0n) is 41.2. The van der Waals surface area contributed by atoms with Crippen molar-refractivity contribution >= 4 is 101 Å². The van der Waals surface area contributed by atoms with Crippen molar-refractivity contribution in [3.05, 3.63) is 217 Å². The largest absolute Gasteiger partial charge is 0.380 e. The zero-order chi connectivity index (χ0) is 48.5. The Balaban J connectivity index is 0.875. The molecule has 0 spiro atoms. The number of fused-ring (bicyclic) bond motifs is 6. The van der Waals surface area contributed by atoms with E-state index in [0.717, 1.165) is 72.2 Å². The van der Waals surface area contributed by atoms with Gasteiger partial charge in [0.2, 0.25) is 0 Å². The first-order chi connectivity index (χ1) is 35.5. The second-order valence-corrected chi connectivity index (χ2v) is 22.1. The Hall–Kier alpha value is -6.54. The van der Waals surface area contributed by atoms with Crippen molar-refractivity contribution in [1.29, 1.82) is 0 Å². The lowest BCUT2D eigenvalue weighted by molar-refractivity contribution is -0.0994. The minimum atomic E-state index is 0.344. The third-order valence-electron chi connectivity index (χ3n) is 15.4. The van der Waals surface area contributed by atoms with E-state index in [1.807, 2.05) is 23.5 Å². The van der Waals surface area contributed by atoms with Crippen molar-refractivity contribution in [2.75, 3.05) is 47.7 Å². The summed E-state index contributed by atoms with van der Waals surface area (Å²) < 4.78 is 11.2. The zero-order valence-corrected chi connectivity index (χ0v) is 42.9. The van der Waals surface area contributed by atoms with Gasteiger partial charge >= 0.3 is 0 Å². The molecule has 0 saturated carbocycles. The average Bonchev–Trinajstić information content (AvgIpc) is 3.41. The maximum absolute atomic E-state index is 5.61. The van der Waals surface area contributed by atoms with Crippen LogP contribution in [0.5, 0.6) is 0 Å². The summed E-state index contributed by atoms with van der Waals surface area (Å²) in [6.07, 6.45) is 2.34. The summed E-state index contributed by atoms with van der Waals surface area (Å²) in [7, 11) is 0. The lowest BCUT2D eigenvalue weighted by atomic mass is 9.86. The average molecular weight is 977 g/mol. The number of rotatable bonds is 17. The molecule has 72 heavy (non-hydrogen) atoms. The van der Waals surface area contributed by atoms with E-state index in [1.54, 1.807) is 0 Å². The van der Waals surface area contributed by atoms with Crippen LogP contribution in [0.3, 0.4) is 0 Å². The molecule has 0 unspecified atom stereocenters. The van der Waals surface area contributed by atoms with Gasteiger partial charge in [0.25, 0.3) is 0 Å². The van der Waals surface area contributed by atoms with E-state index >= 15 is 0 Å². The highest BCUT2D eigenvalue weighted by atomic mass is 32.2. The Labute approximate surface area is 433 Å². The van der Waals surface area contributed by atoms with Gasteiger partial charge in [0.1, 0.15) is 0 Å². The van der Waals surface area contributed by atoms with E-state index in [1.165, 1.54) is 89.6 Å². The summed E-state index contributed by atoms with van der Waals surface area (Å²) in [6, 6.07) is 76.7. The number of ether oxygens (including phenoxy) is 2. The summed E-state index contributed by atoms with van der Waals surface area (Å²) >= 11 is 4.06. The van der Waals surface area contributed by atoms with Gasteiger partial charge in [-0.2, -0.15) is 23.5 Å². The predicted molar refractivity (Wildman–Crippen MR) is 311 cm³/mol. The molecule has 2 saturated heterocycles. The molecule has 0 N–H and O–H groups in total. The Morgan fingerprint density at radius 2 is 0.694 bits per heavy atom. The van der Waals surface area contributed by atoms with Crippen LogP contribution in [0, 0.1) is 10.8 Å². The molecule has 2 aliphatic heterocycles. The maximum atomic E-state index is 5.61. The van der Waals surface area contributed by atoms with Crippen LogP contribution < -0.4 is 9.80 Å². The van der Waals surface area contributed by atoms with Crippen LogP contribution in [0.15, 0.2) is 206 Å². The summed E-state index contributed by atoms with van der Waals surface area (Å²) in [5.41, 5.74) is 12.6. The normalized spacial score (nSPS) is 14.9. The van der Waals surface area contributed by atoms with Crippen molar-refractivity contribution in [3.8, 4) is 11.1 Å². The molecule has 0 aromatic heterocycles. The van der Waals surface area contributed by atoms with Crippen LogP contribution in [-0.2, 0) is 21.0 Å². The third-order valence-corrected chi connectivity index (χ3v) is 18.1. The fourth-order valence-electron chi connectivity index (χ4n) is 10.7. The predicted octanol–water partition coefficient (Wildman–Crippen LogP) is 18.2. The highest BCUT2D eigenvalue weighted by Crippen LogP contribution is 2.46. The Kier molecular flexibility index (Phi) is 13.0. The number of hydrogen-bond acceptors (Lipinski definition) is 6. The van der Waals surface area contributed by atoms with Gasteiger partial charge < -0.3 is 19.3 Å². The molecule has 4 nitrogen and oxygen atoms in total. The highest BCUT2D eigenvalue weighted by Gasteiger charge is 2.37. The molecular weight excluding hydrogens is 917 g/mol. The first-order valence-corrected chi connectivity index (χ1v) is 27.9. The van der Waals surface area contributed by atoms with Gasteiger partial charge in [0.15, 0.2) is 0 Å². The molecule has 0 bridgehead atoms. The van der Waals surface area contributed by atoms with E-state index in [2.05, 4.69) is 230 Å². The lowest BCUT2D eigenvalue weighted by Gasteiger charge is -2.40. The summed E-state index contributed by atoms with van der Waals surface area (Å²) in [6.45, 7) is 8.16. The second kappa shape index (κ2) is 20.2. The Morgan fingerprint density at radius 1 is 0.375 bits per heavy atom. The first kappa shape index (κ1) is 46.5. The van der Waals surface area contributed by atoms with Crippen molar-refractivity contribution in [3.63, 3.8) is 0 Å². The number of anilines is 6. The van der Waals surface area contributed by atoms with E-state index in [-0.39, 0.29) is 0 Å². The minimum Gasteiger partial charge on any atom is -0.380 e. The molecule has 12 rings (SSSR count). The van der Waals surface area contributed by atoms with E-state index in [4.69, 9.17) is 9.47 Å². The van der Waals surface area contributed by atoms with E-state index in [9.17, 15) is 0 Å². The van der Waals surface area contributed by atoms with Gasteiger partial charge in [-0.15, -0.1) is 0 Å². The second-order valence-electron chi connectivity index (χ2n) is 20.1. The molecule has 0 radical (unpaired) electrons. The monoisotopic (exact) mass is 976 g/mol. The van der Waals surface area contributed by atoms with Crippen LogP contribution in [0.2, 0.25) is 0 Å². The quantitative estimate of drug-likeness (QED) is 0.0843. The fourth-order valence-corrected chi connectivity index (χ4v) is 13.4. The molecule has 0 amide bonds. The fraction of sp³-hybridized carbons (Fsp3) is 0.212. The standard InChI is InChI=1S/C66H60N2O2S2/c1-3-65(41-69-42-65)45-71-39-47-21-29-53(30-22-47)67(63-37-51-13-5-7-15-57(51)59-17-9-11-19-61(59)63)55-33-25-49(26-34-55)50-27-35-56(36-28-50)68(54-31-23-48(24-32-54)40-72-46-66(4-2)43-70-44-66)64-38-52-14-6-8-16-58(52)60-18-10-12-20-62(60)64/h5-38H,3-4,39-46H2,1-2H3. The maximum Gasteiger partial charge on any atom is 0.0552 e.